The van der Waals surface area contributed by atoms with E-state index in [1.165, 1.54) is 6.42 Å². The monoisotopic (exact) mass is 415 g/mol. The number of guanidine groups is 1. The van der Waals surface area contributed by atoms with Crippen LogP contribution < -0.4 is 26.8 Å². The second kappa shape index (κ2) is 10.6. The van der Waals surface area contributed by atoms with Gasteiger partial charge >= 0.3 is 0 Å². The van der Waals surface area contributed by atoms with Crippen LogP contribution in [-0.2, 0) is 0 Å². The number of aromatic nitrogens is 1. The molecule has 3 rings (SSSR count). The highest BCUT2D eigenvalue weighted by Gasteiger charge is 2.17. The molecule has 0 aliphatic heterocycles. The molecule has 160 valence electrons. The summed E-state index contributed by atoms with van der Waals surface area (Å²) in [6, 6.07) is 5.86. The van der Waals surface area contributed by atoms with Gasteiger partial charge in [0.05, 0.1) is 13.3 Å². The van der Waals surface area contributed by atoms with Gasteiger partial charge in [0.2, 0.25) is 17.5 Å². The number of aromatic amines is 1. The fourth-order valence-electron chi connectivity index (χ4n) is 2.49. The average Bonchev–Trinajstić information content (AvgIpc) is 3.17. The van der Waals surface area contributed by atoms with Crippen molar-refractivity contribution in [3.63, 3.8) is 0 Å². The number of benzene rings is 1. The predicted octanol–water partition coefficient (Wildman–Crippen LogP) is 1.30. The number of hydrazone groups is 1. The topological polar surface area (TPSA) is 162 Å². The summed E-state index contributed by atoms with van der Waals surface area (Å²) in [4.78, 5) is 27.3. The molecule has 10 nitrogen and oxygen atoms in total. The van der Waals surface area contributed by atoms with Crippen LogP contribution in [0.25, 0.3) is 10.9 Å². The first-order valence-electron chi connectivity index (χ1n) is 9.34. The number of rotatable bonds is 7. The molecule has 1 aromatic heterocycles. The Morgan fingerprint density at radius 2 is 1.93 bits per heavy atom. The Kier molecular flexibility index (Phi) is 7.98. The quantitative estimate of drug-likeness (QED) is 0.128. The molecule has 0 fully saturated rings. The van der Waals surface area contributed by atoms with E-state index in [9.17, 15) is 9.59 Å². The molecule has 2 aromatic carbocycles. The molecule has 0 spiro atoms. The van der Waals surface area contributed by atoms with Gasteiger partial charge in [-0.1, -0.05) is 19.8 Å². The number of hydrogen-bond donors (Lipinski definition) is 5. The lowest BCUT2D eigenvalue weighted by Crippen LogP contribution is -2.28. The van der Waals surface area contributed by atoms with Gasteiger partial charge in [-0.25, -0.2) is 5.43 Å². The number of nitrogens with two attached hydrogens (primary N) is 1. The molecule has 0 radical (unpaired) electrons. The molecule has 0 aliphatic carbocycles. The van der Waals surface area contributed by atoms with Crippen molar-refractivity contribution in [3.8, 4) is 17.2 Å². The number of nitrogens with one attached hydrogen (secondary N) is 2. The summed E-state index contributed by atoms with van der Waals surface area (Å²) < 4.78 is 5.24. The van der Waals surface area contributed by atoms with Gasteiger partial charge < -0.3 is 25.7 Å². The number of fused-ring (bicyclic) bond motifs is 1. The van der Waals surface area contributed by atoms with E-state index >= 15 is 0 Å². The normalized spacial score (nSPS) is 11.6. The first kappa shape index (κ1) is 22.5. The summed E-state index contributed by atoms with van der Waals surface area (Å²) >= 11 is 0. The van der Waals surface area contributed by atoms with E-state index in [1.54, 1.807) is 13.3 Å². The third-order valence-electron chi connectivity index (χ3n) is 4.21. The number of H-pyrrole nitrogens is 1. The Morgan fingerprint density at radius 3 is 2.53 bits per heavy atom. The number of aliphatic imine (C=N–C) groups is 1. The van der Waals surface area contributed by atoms with Gasteiger partial charge in [-0.3, -0.25) is 14.6 Å². The molecule has 0 saturated heterocycles. The summed E-state index contributed by atoms with van der Waals surface area (Å²) in [6.07, 6.45) is 6.99. The van der Waals surface area contributed by atoms with E-state index in [1.807, 2.05) is 24.4 Å². The minimum atomic E-state index is -1.01. The van der Waals surface area contributed by atoms with Crippen LogP contribution in [0.4, 0.5) is 0 Å². The molecule has 1 heterocycles. The SMILES string of the molecule is CCCCCN=C(N)N/N=C\c1c[nH]c2ccc(OC)cc12.O=c1c(O)c(O)c1=O. The minimum absolute atomic E-state index is 0.338. The smallest absolute Gasteiger partial charge is 0.275 e. The van der Waals surface area contributed by atoms with Crippen LogP contribution in [0.5, 0.6) is 17.2 Å². The standard InChI is InChI=1S/C16H23N5O.C4H2O4/c1-3-4-5-8-18-16(17)21-20-11-12-10-19-15-7-6-13(22-2)9-14(12)15;5-1-2(6)4(8)3(1)7/h6-7,9-11,19H,3-5,8H2,1-2H3,(H3,17,18,21);5-6H/b20-11-;. The van der Waals surface area contributed by atoms with E-state index in [4.69, 9.17) is 20.7 Å². The van der Waals surface area contributed by atoms with Crippen molar-refractivity contribution in [2.75, 3.05) is 13.7 Å². The van der Waals surface area contributed by atoms with Gasteiger partial charge in [-0.2, -0.15) is 5.10 Å². The molecule has 0 bridgehead atoms. The second-order valence-electron chi connectivity index (χ2n) is 6.36. The predicted molar refractivity (Wildman–Crippen MR) is 116 cm³/mol. The van der Waals surface area contributed by atoms with Gasteiger partial charge in [-0.15, -0.1) is 0 Å². The van der Waals surface area contributed by atoms with Crippen LogP contribution in [0.1, 0.15) is 31.7 Å². The molecule has 30 heavy (non-hydrogen) atoms. The second-order valence-corrected chi connectivity index (χ2v) is 6.36. The third-order valence-corrected chi connectivity index (χ3v) is 4.21. The molecule has 0 amide bonds. The fourth-order valence-corrected chi connectivity index (χ4v) is 2.49. The first-order chi connectivity index (χ1) is 14.4. The molecular weight excluding hydrogens is 390 g/mol. The molecule has 0 aliphatic rings. The van der Waals surface area contributed by atoms with Gasteiger partial charge in [0, 0.05) is 29.2 Å². The van der Waals surface area contributed by atoms with Crippen molar-refractivity contribution in [2.45, 2.75) is 26.2 Å². The number of aromatic hydroxyl groups is 2. The third kappa shape index (κ3) is 5.60. The van der Waals surface area contributed by atoms with Crippen LogP contribution in [0.2, 0.25) is 0 Å². The molecule has 10 heteroatoms. The van der Waals surface area contributed by atoms with Crippen LogP contribution in [0.15, 0.2) is 44.1 Å². The van der Waals surface area contributed by atoms with Gasteiger partial charge in [0.25, 0.3) is 10.9 Å². The van der Waals surface area contributed by atoms with Crippen LogP contribution in [-0.4, -0.2) is 41.0 Å². The Bertz CT molecular complexity index is 1080. The molecule has 0 atom stereocenters. The summed E-state index contributed by atoms with van der Waals surface area (Å²) in [7, 11) is 1.65. The summed E-state index contributed by atoms with van der Waals surface area (Å²) in [5, 5.41) is 21.6. The number of unbranched alkanes of at least 4 members (excludes halogenated alkanes) is 2. The molecule has 0 saturated carbocycles. The molecule has 3 aromatic rings. The summed E-state index contributed by atoms with van der Waals surface area (Å²) in [6.45, 7) is 2.89. The Balaban J connectivity index is 0.000000335. The van der Waals surface area contributed by atoms with E-state index in [0.717, 1.165) is 41.6 Å². The largest absolute Gasteiger partial charge is 0.501 e. The molecular formula is C20H25N5O5. The molecule has 0 unspecified atom stereocenters. The zero-order chi connectivity index (χ0) is 22.1. The average molecular weight is 415 g/mol. The Labute approximate surface area is 172 Å². The highest BCUT2D eigenvalue weighted by molar-refractivity contribution is 5.99. The fraction of sp³-hybridized carbons (Fsp3) is 0.300. The lowest BCUT2D eigenvalue weighted by atomic mass is 10.2. The zero-order valence-corrected chi connectivity index (χ0v) is 16.8. The van der Waals surface area contributed by atoms with Crippen molar-refractivity contribution in [3.05, 3.63) is 50.4 Å². The number of ether oxygens (including phenoxy) is 1. The number of nitrogens with zero attached hydrogens (tertiary/aromatic N) is 2. The maximum Gasteiger partial charge on any atom is 0.275 e. The minimum Gasteiger partial charge on any atom is -0.501 e. The maximum atomic E-state index is 9.95. The van der Waals surface area contributed by atoms with Crippen molar-refractivity contribution in [2.24, 2.45) is 15.8 Å². The van der Waals surface area contributed by atoms with Crippen molar-refractivity contribution < 1.29 is 14.9 Å². The van der Waals surface area contributed by atoms with E-state index in [0.29, 0.717) is 5.96 Å². The van der Waals surface area contributed by atoms with Crippen LogP contribution >= 0.6 is 0 Å². The molecule has 6 N–H and O–H groups in total. The van der Waals surface area contributed by atoms with E-state index in [2.05, 4.69) is 27.4 Å². The Morgan fingerprint density at radius 1 is 1.23 bits per heavy atom. The van der Waals surface area contributed by atoms with Gasteiger partial charge in [0.1, 0.15) is 5.75 Å². The van der Waals surface area contributed by atoms with E-state index < -0.39 is 22.4 Å². The maximum absolute atomic E-state index is 9.95. The van der Waals surface area contributed by atoms with Crippen LogP contribution in [0.3, 0.4) is 0 Å². The lowest BCUT2D eigenvalue weighted by molar-refractivity contribution is 0.384. The van der Waals surface area contributed by atoms with Crippen LogP contribution in [0, 0.1) is 0 Å². The number of methoxy groups -OCH3 is 1. The van der Waals surface area contributed by atoms with Crippen molar-refractivity contribution >= 4 is 23.1 Å². The highest BCUT2D eigenvalue weighted by Crippen LogP contribution is 2.22. The first-order valence-corrected chi connectivity index (χ1v) is 9.34. The summed E-state index contributed by atoms with van der Waals surface area (Å²) in [5.74, 6) is -0.499. The van der Waals surface area contributed by atoms with Gasteiger partial charge in [-0.05, 0) is 24.6 Å². The Hall–Kier alpha value is -3.82. The highest BCUT2D eigenvalue weighted by atomic mass is 16.5. The van der Waals surface area contributed by atoms with Gasteiger partial charge in [0.15, 0.2) is 0 Å². The van der Waals surface area contributed by atoms with Crippen molar-refractivity contribution in [1.82, 2.24) is 10.4 Å². The van der Waals surface area contributed by atoms with Crippen molar-refractivity contribution in [1.29, 1.82) is 0 Å². The zero-order valence-electron chi connectivity index (χ0n) is 16.8. The number of hydrogen-bond acceptors (Lipinski definition) is 7. The van der Waals surface area contributed by atoms with E-state index in [-0.39, 0.29) is 0 Å². The summed E-state index contributed by atoms with van der Waals surface area (Å²) in [5.41, 5.74) is 8.46. The lowest BCUT2D eigenvalue weighted by Gasteiger charge is -2.00.